The van der Waals surface area contributed by atoms with Crippen molar-refractivity contribution in [2.24, 2.45) is 10.7 Å². The fourth-order valence-corrected chi connectivity index (χ4v) is 2.10. The molecule has 0 aliphatic carbocycles. The van der Waals surface area contributed by atoms with Crippen LogP contribution in [0.4, 0.5) is 5.69 Å². The molecular weight excluding hydrogens is 274 g/mol. The quantitative estimate of drug-likeness (QED) is 0.657. The Morgan fingerprint density at radius 1 is 1.09 bits per heavy atom. The number of anilines is 1. The van der Waals surface area contributed by atoms with Crippen LogP contribution in [-0.4, -0.2) is 19.6 Å². The number of guanidine groups is 1. The van der Waals surface area contributed by atoms with Crippen LogP contribution in [0.15, 0.2) is 47.5 Å². The average molecular weight is 297 g/mol. The topological polar surface area (TPSA) is 59.6 Å². The molecule has 0 aromatic heterocycles. The summed E-state index contributed by atoms with van der Waals surface area (Å²) in [6.45, 7) is 4.82. The Kier molecular flexibility index (Phi) is 5.42. The van der Waals surface area contributed by atoms with E-state index < -0.39 is 0 Å². The zero-order chi connectivity index (χ0) is 15.9. The molecule has 0 aliphatic rings. The third kappa shape index (κ3) is 4.52. The highest BCUT2D eigenvalue weighted by Gasteiger charge is 1.98. The number of hydrogen-bond acceptors (Lipinski definition) is 2. The fourth-order valence-electron chi connectivity index (χ4n) is 2.10. The van der Waals surface area contributed by atoms with Crippen molar-refractivity contribution in [1.29, 1.82) is 0 Å². The SMILES string of the molecule is COc1ccc(CCN=C(N)Nc2ccc(C)c(C)c2)cc1. The van der Waals surface area contributed by atoms with Crippen LogP contribution >= 0.6 is 0 Å². The van der Waals surface area contributed by atoms with Crippen molar-refractivity contribution in [1.82, 2.24) is 0 Å². The molecule has 0 aliphatic heterocycles. The van der Waals surface area contributed by atoms with Crippen molar-refractivity contribution in [3.63, 3.8) is 0 Å². The zero-order valence-electron chi connectivity index (χ0n) is 13.4. The Morgan fingerprint density at radius 3 is 2.45 bits per heavy atom. The van der Waals surface area contributed by atoms with E-state index in [4.69, 9.17) is 10.5 Å². The van der Waals surface area contributed by atoms with Crippen LogP contribution in [0.5, 0.6) is 5.75 Å². The minimum atomic E-state index is 0.441. The summed E-state index contributed by atoms with van der Waals surface area (Å²) in [5, 5.41) is 3.12. The lowest BCUT2D eigenvalue weighted by molar-refractivity contribution is 0.414. The number of nitrogens with two attached hydrogens (primary N) is 1. The number of nitrogens with zero attached hydrogens (tertiary/aromatic N) is 1. The van der Waals surface area contributed by atoms with E-state index in [1.807, 2.05) is 30.3 Å². The van der Waals surface area contributed by atoms with Crippen molar-refractivity contribution in [2.45, 2.75) is 20.3 Å². The summed E-state index contributed by atoms with van der Waals surface area (Å²) >= 11 is 0. The zero-order valence-corrected chi connectivity index (χ0v) is 13.4. The second-order valence-electron chi connectivity index (χ2n) is 5.29. The van der Waals surface area contributed by atoms with E-state index in [9.17, 15) is 0 Å². The molecular formula is C18H23N3O. The molecule has 4 nitrogen and oxygen atoms in total. The van der Waals surface area contributed by atoms with Crippen LogP contribution in [0.1, 0.15) is 16.7 Å². The number of ether oxygens (including phenoxy) is 1. The Labute approximate surface area is 132 Å². The lowest BCUT2D eigenvalue weighted by Gasteiger charge is -2.08. The van der Waals surface area contributed by atoms with Crippen LogP contribution in [0.3, 0.4) is 0 Å². The first-order valence-electron chi connectivity index (χ1n) is 7.35. The summed E-state index contributed by atoms with van der Waals surface area (Å²) in [4.78, 5) is 4.36. The second kappa shape index (κ2) is 7.50. The smallest absolute Gasteiger partial charge is 0.193 e. The van der Waals surface area contributed by atoms with Gasteiger partial charge in [0.25, 0.3) is 0 Å². The van der Waals surface area contributed by atoms with Gasteiger partial charge < -0.3 is 15.8 Å². The highest BCUT2D eigenvalue weighted by molar-refractivity contribution is 5.92. The first-order chi connectivity index (χ1) is 10.6. The molecule has 2 aromatic carbocycles. The van der Waals surface area contributed by atoms with Gasteiger partial charge in [0, 0.05) is 12.2 Å². The minimum absolute atomic E-state index is 0.441. The van der Waals surface area contributed by atoms with Gasteiger partial charge in [0.1, 0.15) is 5.75 Å². The maximum atomic E-state index is 5.92. The first-order valence-corrected chi connectivity index (χ1v) is 7.35. The molecule has 0 radical (unpaired) electrons. The molecule has 0 unspecified atom stereocenters. The van der Waals surface area contributed by atoms with E-state index in [-0.39, 0.29) is 0 Å². The van der Waals surface area contributed by atoms with Gasteiger partial charge in [-0.25, -0.2) is 0 Å². The molecule has 2 aromatic rings. The maximum absolute atomic E-state index is 5.92. The van der Waals surface area contributed by atoms with E-state index in [1.165, 1.54) is 16.7 Å². The van der Waals surface area contributed by atoms with E-state index in [0.717, 1.165) is 17.9 Å². The van der Waals surface area contributed by atoms with Crippen LogP contribution in [0.25, 0.3) is 0 Å². The van der Waals surface area contributed by atoms with Crippen LogP contribution in [0.2, 0.25) is 0 Å². The maximum Gasteiger partial charge on any atom is 0.193 e. The molecule has 116 valence electrons. The van der Waals surface area contributed by atoms with Crippen molar-refractivity contribution >= 4 is 11.6 Å². The fraction of sp³-hybridized carbons (Fsp3) is 0.278. The van der Waals surface area contributed by atoms with Crippen LogP contribution < -0.4 is 15.8 Å². The lowest BCUT2D eigenvalue weighted by atomic mass is 10.1. The summed E-state index contributed by atoms with van der Waals surface area (Å²) in [5.74, 6) is 1.31. The molecule has 0 saturated heterocycles. The first kappa shape index (κ1) is 15.9. The molecule has 0 atom stereocenters. The van der Waals surface area contributed by atoms with E-state index in [2.05, 4.69) is 36.3 Å². The molecule has 0 saturated carbocycles. The monoisotopic (exact) mass is 297 g/mol. The molecule has 22 heavy (non-hydrogen) atoms. The lowest BCUT2D eigenvalue weighted by Crippen LogP contribution is -2.23. The van der Waals surface area contributed by atoms with Crippen LogP contribution in [-0.2, 0) is 6.42 Å². The number of nitrogens with one attached hydrogen (secondary N) is 1. The van der Waals surface area contributed by atoms with E-state index in [1.54, 1.807) is 7.11 Å². The molecule has 0 spiro atoms. The van der Waals surface area contributed by atoms with Crippen molar-refractivity contribution < 1.29 is 4.74 Å². The summed E-state index contributed by atoms with van der Waals surface area (Å²) in [5.41, 5.74) is 10.6. The van der Waals surface area contributed by atoms with Crippen molar-refractivity contribution in [3.8, 4) is 5.75 Å². The average Bonchev–Trinajstić information content (AvgIpc) is 2.51. The van der Waals surface area contributed by atoms with Gasteiger partial charge in [0.05, 0.1) is 7.11 Å². The summed E-state index contributed by atoms with van der Waals surface area (Å²) in [6, 6.07) is 14.1. The Morgan fingerprint density at radius 2 is 1.82 bits per heavy atom. The minimum Gasteiger partial charge on any atom is -0.497 e. The van der Waals surface area contributed by atoms with Gasteiger partial charge in [-0.05, 0) is 61.2 Å². The van der Waals surface area contributed by atoms with Crippen molar-refractivity contribution in [3.05, 3.63) is 59.2 Å². The molecule has 0 heterocycles. The van der Waals surface area contributed by atoms with Gasteiger partial charge in [-0.1, -0.05) is 18.2 Å². The number of aliphatic imine (C=N–C) groups is 1. The van der Waals surface area contributed by atoms with Gasteiger partial charge in [0.2, 0.25) is 0 Å². The predicted octanol–water partition coefficient (Wildman–Crippen LogP) is 3.28. The Hall–Kier alpha value is -2.49. The standard InChI is InChI=1S/C18H23N3O/c1-13-4-7-16(12-14(13)2)21-18(19)20-11-10-15-5-8-17(22-3)9-6-15/h4-9,12H,10-11H2,1-3H3,(H3,19,20,21). The molecule has 3 N–H and O–H groups in total. The van der Waals surface area contributed by atoms with E-state index in [0.29, 0.717) is 12.5 Å². The number of benzene rings is 2. The van der Waals surface area contributed by atoms with Gasteiger partial charge in [0.15, 0.2) is 5.96 Å². The van der Waals surface area contributed by atoms with Gasteiger partial charge in [-0.15, -0.1) is 0 Å². The van der Waals surface area contributed by atoms with Crippen LogP contribution in [0, 0.1) is 13.8 Å². The normalized spacial score (nSPS) is 11.3. The number of aryl methyl sites for hydroxylation is 2. The molecule has 0 amide bonds. The number of methoxy groups -OCH3 is 1. The van der Waals surface area contributed by atoms with Crippen molar-refractivity contribution in [2.75, 3.05) is 19.0 Å². The van der Waals surface area contributed by atoms with Gasteiger partial charge in [-0.3, -0.25) is 4.99 Å². The third-order valence-corrected chi connectivity index (χ3v) is 3.62. The summed E-state index contributed by atoms with van der Waals surface area (Å²) < 4.78 is 5.14. The molecule has 0 fully saturated rings. The summed E-state index contributed by atoms with van der Waals surface area (Å²) in [6.07, 6.45) is 0.847. The van der Waals surface area contributed by atoms with Gasteiger partial charge in [-0.2, -0.15) is 0 Å². The summed E-state index contributed by atoms with van der Waals surface area (Å²) in [7, 11) is 1.67. The predicted molar refractivity (Wildman–Crippen MR) is 92.7 cm³/mol. The highest BCUT2D eigenvalue weighted by Crippen LogP contribution is 2.14. The third-order valence-electron chi connectivity index (χ3n) is 3.62. The number of rotatable bonds is 5. The second-order valence-corrected chi connectivity index (χ2v) is 5.29. The Bertz CT molecular complexity index is 648. The molecule has 4 heteroatoms. The van der Waals surface area contributed by atoms with E-state index >= 15 is 0 Å². The molecule has 2 rings (SSSR count). The Balaban J connectivity index is 1.87. The number of hydrogen-bond donors (Lipinski definition) is 2. The molecule has 0 bridgehead atoms. The highest BCUT2D eigenvalue weighted by atomic mass is 16.5. The van der Waals surface area contributed by atoms with Gasteiger partial charge >= 0.3 is 0 Å². The largest absolute Gasteiger partial charge is 0.497 e.